The maximum Gasteiger partial charge on any atom is 0.227 e. The van der Waals surface area contributed by atoms with Crippen molar-refractivity contribution in [1.29, 1.82) is 0 Å². The Hall–Kier alpha value is 0.180. The molecule has 0 saturated heterocycles. The summed E-state index contributed by atoms with van der Waals surface area (Å²) in [7, 11) is 0. The van der Waals surface area contributed by atoms with Crippen LogP contribution in [0, 0.1) is 0 Å². The third-order valence-corrected chi connectivity index (χ3v) is 2.63. The molecule has 0 aromatic carbocycles. The SMILES string of the molecule is C=C1C[S+]=CS1. The van der Waals surface area contributed by atoms with Gasteiger partial charge >= 0.3 is 0 Å². The monoisotopic (exact) mass is 117 g/mol. The average Bonchev–Trinajstić information content (AvgIpc) is 1.86. The predicted molar refractivity (Wildman–Crippen MR) is 35.0 cm³/mol. The van der Waals surface area contributed by atoms with Crippen LogP contribution in [0.15, 0.2) is 11.5 Å². The Bertz CT molecular complexity index is 83.7. The van der Waals surface area contributed by atoms with E-state index in [0.717, 1.165) is 5.75 Å². The Morgan fingerprint density at radius 2 is 2.83 bits per heavy atom. The van der Waals surface area contributed by atoms with Crippen molar-refractivity contribution in [2.24, 2.45) is 0 Å². The molecule has 0 aromatic heterocycles. The first kappa shape index (κ1) is 4.34. The van der Waals surface area contributed by atoms with Crippen LogP contribution in [0.2, 0.25) is 0 Å². The minimum absolute atomic E-state index is 1.12. The van der Waals surface area contributed by atoms with Crippen LogP contribution >= 0.6 is 11.8 Å². The molecule has 6 heavy (non-hydrogen) atoms. The summed E-state index contributed by atoms with van der Waals surface area (Å²) in [4.78, 5) is 1.28. The topological polar surface area (TPSA) is 0 Å². The molecule has 32 valence electrons. The molecule has 0 nitrogen and oxygen atoms in total. The zero-order valence-corrected chi connectivity index (χ0v) is 4.94. The highest BCUT2D eigenvalue weighted by Crippen LogP contribution is 2.13. The van der Waals surface area contributed by atoms with Crippen molar-refractivity contribution in [3.8, 4) is 0 Å². The zero-order chi connectivity index (χ0) is 4.41. The molecule has 1 rings (SSSR count). The standard InChI is InChI=1S/C4H5S2/c1-4-2-5-3-6-4/h3H,1-2H2/q+1. The normalized spacial score (nSPS) is 19.7. The zero-order valence-electron chi connectivity index (χ0n) is 3.31. The van der Waals surface area contributed by atoms with E-state index < -0.39 is 0 Å². The molecule has 0 fully saturated rings. The van der Waals surface area contributed by atoms with E-state index in [4.69, 9.17) is 0 Å². The Balaban J connectivity index is 2.52. The maximum atomic E-state index is 3.77. The van der Waals surface area contributed by atoms with Crippen molar-refractivity contribution in [2.45, 2.75) is 0 Å². The van der Waals surface area contributed by atoms with Crippen LogP contribution in [0.25, 0.3) is 0 Å². The molecule has 0 amide bonds. The second kappa shape index (κ2) is 1.76. The number of thioether (sulfide) groups is 1. The summed E-state index contributed by atoms with van der Waals surface area (Å²) in [5.41, 5.74) is 0. The van der Waals surface area contributed by atoms with Gasteiger partial charge in [0.05, 0.1) is 0 Å². The first-order valence-corrected chi connectivity index (χ1v) is 3.60. The molecular weight excluding hydrogens is 112 g/mol. The van der Waals surface area contributed by atoms with Crippen molar-refractivity contribution >= 4 is 27.8 Å². The Morgan fingerprint density at radius 1 is 2.00 bits per heavy atom. The molecule has 1 aliphatic rings. The van der Waals surface area contributed by atoms with E-state index in [9.17, 15) is 0 Å². The van der Waals surface area contributed by atoms with Gasteiger partial charge in [0, 0.05) is 4.91 Å². The summed E-state index contributed by atoms with van der Waals surface area (Å²) in [6.45, 7) is 3.77. The lowest BCUT2D eigenvalue weighted by molar-refractivity contribution is 1.79. The minimum atomic E-state index is 1.12. The van der Waals surface area contributed by atoms with Crippen molar-refractivity contribution in [3.63, 3.8) is 0 Å². The third-order valence-electron chi connectivity index (χ3n) is 0.527. The van der Waals surface area contributed by atoms with Gasteiger partial charge in [0.15, 0.2) is 11.4 Å². The lowest BCUT2D eigenvalue weighted by atomic mass is 10.7. The molecule has 2 heteroatoms. The van der Waals surface area contributed by atoms with Gasteiger partial charge in [-0.3, -0.25) is 0 Å². The van der Waals surface area contributed by atoms with Crippen LogP contribution in [0.3, 0.4) is 0 Å². The summed E-state index contributed by atoms with van der Waals surface area (Å²) >= 11 is 3.56. The molecule has 1 aliphatic heterocycles. The molecule has 0 bridgehead atoms. The lowest BCUT2D eigenvalue weighted by Gasteiger charge is -1.70. The fraction of sp³-hybridized carbons (Fsp3) is 0.250. The van der Waals surface area contributed by atoms with Crippen LogP contribution in [-0.2, 0) is 11.4 Å². The van der Waals surface area contributed by atoms with Gasteiger partial charge in [-0.2, -0.15) is 0 Å². The first-order chi connectivity index (χ1) is 2.89. The fourth-order valence-electron chi connectivity index (χ4n) is 0.263. The van der Waals surface area contributed by atoms with Gasteiger partial charge in [-0.15, -0.1) is 0 Å². The van der Waals surface area contributed by atoms with Crippen molar-refractivity contribution in [3.05, 3.63) is 11.5 Å². The Labute approximate surface area is 45.6 Å². The minimum Gasteiger partial charge on any atom is -0.0836 e. The summed E-state index contributed by atoms with van der Waals surface area (Å²) in [5, 5.41) is 0. The number of hydrogen-bond donors (Lipinski definition) is 0. The van der Waals surface area contributed by atoms with E-state index >= 15 is 0 Å². The van der Waals surface area contributed by atoms with Crippen LogP contribution in [-0.4, -0.2) is 10.5 Å². The molecule has 0 aliphatic carbocycles. The Morgan fingerprint density at radius 3 is 3.00 bits per heavy atom. The van der Waals surface area contributed by atoms with Gasteiger partial charge in [-0.05, 0) is 11.8 Å². The smallest absolute Gasteiger partial charge is 0.0836 e. The summed E-state index contributed by atoms with van der Waals surface area (Å²) < 4.78 is 2.11. The van der Waals surface area contributed by atoms with Gasteiger partial charge in [-0.25, -0.2) is 0 Å². The molecule has 0 spiro atoms. The molecule has 1 heterocycles. The molecule has 0 saturated carbocycles. The molecule has 0 aromatic rings. The van der Waals surface area contributed by atoms with E-state index in [2.05, 4.69) is 11.3 Å². The fourth-order valence-corrected chi connectivity index (χ4v) is 2.01. The second-order valence-electron chi connectivity index (χ2n) is 1.06. The highest BCUT2D eigenvalue weighted by Gasteiger charge is 2.07. The average molecular weight is 117 g/mol. The molecule has 0 radical (unpaired) electrons. The van der Waals surface area contributed by atoms with E-state index in [0.29, 0.717) is 0 Å². The van der Waals surface area contributed by atoms with Gasteiger partial charge < -0.3 is 0 Å². The number of hydrogen-bond acceptors (Lipinski definition) is 1. The van der Waals surface area contributed by atoms with Gasteiger partial charge in [0.2, 0.25) is 10.5 Å². The first-order valence-electron chi connectivity index (χ1n) is 1.67. The summed E-state index contributed by atoms with van der Waals surface area (Å²) in [6, 6.07) is 0. The molecule has 0 N–H and O–H groups in total. The van der Waals surface area contributed by atoms with Gasteiger partial charge in [0.1, 0.15) is 0 Å². The van der Waals surface area contributed by atoms with Crippen molar-refractivity contribution in [2.75, 3.05) is 5.75 Å². The Kier molecular flexibility index (Phi) is 1.27. The third kappa shape index (κ3) is 0.820. The quantitative estimate of drug-likeness (QED) is 0.338. The van der Waals surface area contributed by atoms with Crippen LogP contribution in [0.4, 0.5) is 0 Å². The predicted octanol–water partition coefficient (Wildman–Crippen LogP) is 1.09. The van der Waals surface area contributed by atoms with E-state index in [1.807, 2.05) is 11.4 Å². The van der Waals surface area contributed by atoms with Gasteiger partial charge in [-0.1, -0.05) is 6.58 Å². The van der Waals surface area contributed by atoms with E-state index in [1.165, 1.54) is 4.91 Å². The van der Waals surface area contributed by atoms with Gasteiger partial charge in [0.25, 0.3) is 0 Å². The van der Waals surface area contributed by atoms with Crippen molar-refractivity contribution in [1.82, 2.24) is 0 Å². The van der Waals surface area contributed by atoms with Crippen LogP contribution in [0.5, 0.6) is 0 Å². The lowest BCUT2D eigenvalue weighted by Crippen LogP contribution is -1.68. The van der Waals surface area contributed by atoms with Crippen LogP contribution in [0.1, 0.15) is 0 Å². The summed E-state index contributed by atoms with van der Waals surface area (Å²) in [6.07, 6.45) is 0. The molecule has 0 unspecified atom stereocenters. The molecular formula is C4H5S2+. The van der Waals surface area contributed by atoms with E-state index in [1.54, 1.807) is 11.8 Å². The highest BCUT2D eigenvalue weighted by atomic mass is 32.2. The van der Waals surface area contributed by atoms with Crippen LogP contribution < -0.4 is 0 Å². The largest absolute Gasteiger partial charge is 0.227 e. The maximum absolute atomic E-state index is 3.77. The second-order valence-corrected chi connectivity index (χ2v) is 3.27. The number of rotatable bonds is 0. The molecule has 0 atom stereocenters. The van der Waals surface area contributed by atoms with Crippen molar-refractivity contribution < 1.29 is 0 Å². The van der Waals surface area contributed by atoms with E-state index in [-0.39, 0.29) is 0 Å². The highest BCUT2D eigenvalue weighted by molar-refractivity contribution is 8.25. The summed E-state index contributed by atoms with van der Waals surface area (Å²) in [5.74, 6) is 1.12.